The van der Waals surface area contributed by atoms with Crippen LogP contribution in [-0.2, 0) is 0 Å². The summed E-state index contributed by atoms with van der Waals surface area (Å²) in [5.74, 6) is 2.89. The zero-order valence-electron chi connectivity index (χ0n) is 14.6. The SMILES string of the molecule is C=C1C=C2[C@H](CCO)C[C@@H](CCO)[C@H](C)[C@@]2(C)[C@H]2[C@@H]1C2(C)C. The van der Waals surface area contributed by atoms with Crippen LogP contribution >= 0.6 is 0 Å². The predicted molar refractivity (Wildman–Crippen MR) is 90.3 cm³/mol. The van der Waals surface area contributed by atoms with Crippen molar-refractivity contribution in [1.82, 2.24) is 0 Å². The molecule has 0 spiro atoms. The molecule has 0 radical (unpaired) electrons. The van der Waals surface area contributed by atoms with Crippen molar-refractivity contribution in [3.63, 3.8) is 0 Å². The standard InChI is InChI=1S/C20H32O2/c1-12-10-16-15(7-9-22)11-14(6-8-21)13(2)20(16,5)18-17(12)19(18,3)4/h10,13-15,17-18,21-22H,1,6-9,11H2,2-5H3/t13-,14+,15+,17+,18-,20+/m0/s1. The third-order valence-electron chi connectivity index (χ3n) is 7.49. The van der Waals surface area contributed by atoms with Crippen LogP contribution in [0, 0.1) is 40.4 Å². The van der Waals surface area contributed by atoms with Crippen molar-refractivity contribution < 1.29 is 10.2 Å². The second-order valence-corrected chi connectivity index (χ2v) is 8.74. The molecule has 0 bridgehead atoms. The molecule has 22 heavy (non-hydrogen) atoms. The highest BCUT2D eigenvalue weighted by Gasteiger charge is 2.70. The van der Waals surface area contributed by atoms with Crippen LogP contribution in [0.5, 0.6) is 0 Å². The Balaban J connectivity index is 2.04. The van der Waals surface area contributed by atoms with Crippen LogP contribution < -0.4 is 0 Å². The molecule has 6 atom stereocenters. The van der Waals surface area contributed by atoms with E-state index in [9.17, 15) is 10.2 Å². The maximum Gasteiger partial charge on any atom is 0.0436 e. The van der Waals surface area contributed by atoms with Crippen LogP contribution in [-0.4, -0.2) is 23.4 Å². The maximum absolute atomic E-state index is 9.52. The fraction of sp³-hybridized carbons (Fsp3) is 0.800. The third kappa shape index (κ3) is 1.99. The Bertz CT molecular complexity index is 504. The van der Waals surface area contributed by atoms with Crippen molar-refractivity contribution in [3.05, 3.63) is 23.8 Å². The Morgan fingerprint density at radius 3 is 2.41 bits per heavy atom. The number of aliphatic hydroxyl groups is 2. The molecule has 2 fully saturated rings. The van der Waals surface area contributed by atoms with E-state index < -0.39 is 0 Å². The van der Waals surface area contributed by atoms with E-state index in [-0.39, 0.29) is 18.6 Å². The van der Waals surface area contributed by atoms with Gasteiger partial charge in [-0.2, -0.15) is 0 Å². The largest absolute Gasteiger partial charge is 0.396 e. The van der Waals surface area contributed by atoms with Gasteiger partial charge in [0.2, 0.25) is 0 Å². The molecule has 124 valence electrons. The first-order chi connectivity index (χ1) is 10.3. The van der Waals surface area contributed by atoms with E-state index in [0.29, 0.717) is 35.0 Å². The summed E-state index contributed by atoms with van der Waals surface area (Å²) in [4.78, 5) is 0. The number of hydrogen-bond donors (Lipinski definition) is 2. The Hall–Kier alpha value is -0.600. The fourth-order valence-corrected chi connectivity index (χ4v) is 6.33. The molecule has 0 aromatic carbocycles. The summed E-state index contributed by atoms with van der Waals surface area (Å²) in [5.41, 5.74) is 3.38. The lowest BCUT2D eigenvalue weighted by atomic mass is 9.52. The van der Waals surface area contributed by atoms with Gasteiger partial charge in [0.05, 0.1) is 0 Å². The quantitative estimate of drug-likeness (QED) is 0.829. The molecule has 0 unspecified atom stereocenters. The minimum atomic E-state index is 0.202. The molecule has 0 aliphatic heterocycles. The zero-order valence-corrected chi connectivity index (χ0v) is 14.6. The number of aliphatic hydroxyl groups excluding tert-OH is 2. The minimum absolute atomic E-state index is 0.202. The van der Waals surface area contributed by atoms with E-state index in [4.69, 9.17) is 0 Å². The number of hydrogen-bond acceptors (Lipinski definition) is 2. The van der Waals surface area contributed by atoms with Crippen LogP contribution in [0.2, 0.25) is 0 Å². The Kier molecular flexibility index (Phi) is 3.85. The van der Waals surface area contributed by atoms with Gasteiger partial charge in [-0.3, -0.25) is 0 Å². The second-order valence-electron chi connectivity index (χ2n) is 8.74. The predicted octanol–water partition coefficient (Wildman–Crippen LogP) is 3.80. The topological polar surface area (TPSA) is 40.5 Å². The molecule has 0 heterocycles. The van der Waals surface area contributed by atoms with Crippen molar-refractivity contribution in [1.29, 1.82) is 0 Å². The first-order valence-electron chi connectivity index (χ1n) is 8.92. The van der Waals surface area contributed by atoms with Crippen LogP contribution in [0.1, 0.15) is 47.0 Å². The van der Waals surface area contributed by atoms with Crippen molar-refractivity contribution in [3.8, 4) is 0 Å². The van der Waals surface area contributed by atoms with Crippen molar-refractivity contribution in [2.75, 3.05) is 13.2 Å². The van der Waals surface area contributed by atoms with Gasteiger partial charge in [-0.05, 0) is 59.7 Å². The Labute approximate surface area is 135 Å². The lowest BCUT2D eigenvalue weighted by Crippen LogP contribution is -2.45. The van der Waals surface area contributed by atoms with Gasteiger partial charge in [-0.25, -0.2) is 0 Å². The summed E-state index contributed by atoms with van der Waals surface area (Å²) >= 11 is 0. The van der Waals surface area contributed by atoms with E-state index >= 15 is 0 Å². The van der Waals surface area contributed by atoms with Crippen LogP contribution in [0.3, 0.4) is 0 Å². The molecule has 2 N–H and O–H groups in total. The van der Waals surface area contributed by atoms with Crippen molar-refractivity contribution >= 4 is 0 Å². The lowest BCUT2D eigenvalue weighted by Gasteiger charge is -2.53. The summed E-state index contributed by atoms with van der Waals surface area (Å²) in [5, 5.41) is 19.0. The van der Waals surface area contributed by atoms with E-state index in [1.165, 1.54) is 5.57 Å². The number of allylic oxidation sites excluding steroid dienone is 3. The van der Waals surface area contributed by atoms with Gasteiger partial charge in [0.25, 0.3) is 0 Å². The Morgan fingerprint density at radius 1 is 1.18 bits per heavy atom. The monoisotopic (exact) mass is 304 g/mol. The van der Waals surface area contributed by atoms with E-state index in [2.05, 4.69) is 40.3 Å². The lowest BCUT2D eigenvalue weighted by molar-refractivity contribution is 0.0422. The highest BCUT2D eigenvalue weighted by atomic mass is 16.3. The number of rotatable bonds is 4. The highest BCUT2D eigenvalue weighted by molar-refractivity contribution is 5.45. The van der Waals surface area contributed by atoms with E-state index in [0.717, 1.165) is 19.3 Å². The van der Waals surface area contributed by atoms with Gasteiger partial charge in [0.1, 0.15) is 0 Å². The van der Waals surface area contributed by atoms with Crippen molar-refractivity contribution in [2.24, 2.45) is 40.4 Å². The summed E-state index contributed by atoms with van der Waals surface area (Å²) in [6.07, 6.45) is 5.22. The van der Waals surface area contributed by atoms with Crippen LogP contribution in [0.15, 0.2) is 23.8 Å². The zero-order chi connectivity index (χ0) is 16.3. The molecule has 3 aliphatic carbocycles. The smallest absolute Gasteiger partial charge is 0.0436 e. The normalized spacial score (nSPS) is 45.8. The van der Waals surface area contributed by atoms with Gasteiger partial charge < -0.3 is 10.2 Å². The highest BCUT2D eigenvalue weighted by Crippen LogP contribution is 2.76. The molecular formula is C20H32O2. The van der Waals surface area contributed by atoms with Crippen molar-refractivity contribution in [2.45, 2.75) is 47.0 Å². The van der Waals surface area contributed by atoms with Gasteiger partial charge in [-0.1, -0.05) is 51.5 Å². The first kappa shape index (κ1) is 16.3. The molecule has 3 aliphatic rings. The van der Waals surface area contributed by atoms with Crippen LogP contribution in [0.25, 0.3) is 0 Å². The maximum atomic E-state index is 9.52. The van der Waals surface area contributed by atoms with Crippen LogP contribution in [0.4, 0.5) is 0 Å². The van der Waals surface area contributed by atoms with E-state index in [1.807, 2.05) is 0 Å². The summed E-state index contributed by atoms with van der Waals surface area (Å²) in [6.45, 7) is 14.5. The fourth-order valence-electron chi connectivity index (χ4n) is 6.33. The molecule has 3 rings (SSSR count). The van der Waals surface area contributed by atoms with Gasteiger partial charge in [0.15, 0.2) is 0 Å². The first-order valence-corrected chi connectivity index (χ1v) is 8.92. The molecule has 2 nitrogen and oxygen atoms in total. The molecule has 0 aromatic rings. The minimum Gasteiger partial charge on any atom is -0.396 e. The molecule has 0 saturated heterocycles. The van der Waals surface area contributed by atoms with E-state index in [1.54, 1.807) is 5.57 Å². The van der Waals surface area contributed by atoms with Gasteiger partial charge >= 0.3 is 0 Å². The second kappa shape index (κ2) is 5.21. The van der Waals surface area contributed by atoms with Gasteiger partial charge in [0, 0.05) is 13.2 Å². The average molecular weight is 304 g/mol. The summed E-state index contributed by atoms with van der Waals surface area (Å²) in [6, 6.07) is 0. The Morgan fingerprint density at radius 2 is 1.82 bits per heavy atom. The average Bonchev–Trinajstić information content (AvgIpc) is 3.04. The molecule has 2 saturated carbocycles. The summed E-state index contributed by atoms with van der Waals surface area (Å²) < 4.78 is 0. The third-order valence-corrected chi connectivity index (χ3v) is 7.49. The molecule has 0 amide bonds. The van der Waals surface area contributed by atoms with Gasteiger partial charge in [-0.15, -0.1) is 0 Å². The molecule has 0 aromatic heterocycles. The molecule has 2 heteroatoms. The molecular weight excluding hydrogens is 272 g/mol. The number of fused-ring (bicyclic) bond motifs is 3. The summed E-state index contributed by atoms with van der Waals surface area (Å²) in [7, 11) is 0.